The van der Waals surface area contributed by atoms with Crippen molar-refractivity contribution in [1.29, 1.82) is 0 Å². The number of nitro benzene ring substituents is 1. The molecule has 43 heavy (non-hydrogen) atoms. The molecule has 0 aliphatic carbocycles. The number of aromatic nitrogens is 2. The molecule has 0 unspecified atom stereocenters. The fraction of sp³-hybridized carbons (Fsp3) is 0.267. The van der Waals surface area contributed by atoms with Crippen molar-refractivity contribution in [2.45, 2.75) is 51.4 Å². The molecule has 0 fully saturated rings. The van der Waals surface area contributed by atoms with Gasteiger partial charge in [-0.25, -0.2) is 4.68 Å². The van der Waals surface area contributed by atoms with E-state index in [0.717, 1.165) is 26.3 Å². The number of ether oxygens (including phenoxy) is 1. The number of hydrogen-bond donors (Lipinski definition) is 2. The van der Waals surface area contributed by atoms with Crippen LogP contribution < -0.4 is 15.4 Å². The third kappa shape index (κ3) is 6.66. The molecule has 0 bridgehead atoms. The zero-order valence-electron chi connectivity index (χ0n) is 23.3. The zero-order chi connectivity index (χ0) is 31.1. The van der Waals surface area contributed by atoms with Crippen molar-refractivity contribution >= 4 is 39.0 Å². The summed E-state index contributed by atoms with van der Waals surface area (Å²) in [6, 6.07) is 15.0. The molecule has 4 aromatic rings. The first-order valence-electron chi connectivity index (χ1n) is 13.4. The van der Waals surface area contributed by atoms with Gasteiger partial charge in [0.05, 0.1) is 22.7 Å². The highest BCUT2D eigenvalue weighted by atomic mass is 79.9. The summed E-state index contributed by atoms with van der Waals surface area (Å²) in [5, 5.41) is 21.2. The Morgan fingerprint density at radius 2 is 1.86 bits per heavy atom. The molecule has 5 rings (SSSR count). The molecule has 2 N–H and O–H groups in total. The van der Waals surface area contributed by atoms with Gasteiger partial charge in [-0.15, -0.1) is 0 Å². The van der Waals surface area contributed by atoms with Crippen LogP contribution >= 0.6 is 15.9 Å². The van der Waals surface area contributed by atoms with Crippen LogP contribution in [0.1, 0.15) is 65.4 Å². The van der Waals surface area contributed by atoms with E-state index in [1.807, 2.05) is 39.0 Å². The second kappa shape index (κ2) is 11.7. The van der Waals surface area contributed by atoms with Crippen LogP contribution in [0.5, 0.6) is 11.5 Å². The maximum Gasteiger partial charge on any atom is 0.410 e. The lowest BCUT2D eigenvalue weighted by atomic mass is 9.97. The standard InChI is InChI=1S/C30H27BrF3N5O4/c1-16(2)23-9-4-17(3)10-26(23)43-22-12-20(11-21(13-22)39(41)42)35-29(40)25-15-28-36-24(18-5-7-19(31)8-6-18)14-27(30(32,33)34)38(28)37-25/h4-13,15-16,24,27,36H,14H2,1-3H3,(H,35,40)/t24-,27+/m1/s1. The summed E-state index contributed by atoms with van der Waals surface area (Å²) in [5.74, 6) is -0.0839. The Bertz CT molecular complexity index is 1690. The molecule has 1 aromatic heterocycles. The minimum absolute atomic E-state index is 0.0204. The number of carbonyl (C=O) groups is 1. The summed E-state index contributed by atoms with van der Waals surface area (Å²) < 4.78 is 49.9. The Labute approximate surface area is 253 Å². The lowest BCUT2D eigenvalue weighted by Gasteiger charge is -2.33. The highest BCUT2D eigenvalue weighted by molar-refractivity contribution is 9.10. The molecule has 2 atom stereocenters. The second-order valence-corrected chi connectivity index (χ2v) is 11.5. The minimum atomic E-state index is -4.62. The molecule has 1 aliphatic rings. The molecule has 1 amide bonds. The van der Waals surface area contributed by atoms with Crippen molar-refractivity contribution in [2.24, 2.45) is 0 Å². The quantitative estimate of drug-likeness (QED) is 0.152. The van der Waals surface area contributed by atoms with Crippen molar-refractivity contribution in [2.75, 3.05) is 10.6 Å². The van der Waals surface area contributed by atoms with Gasteiger partial charge >= 0.3 is 6.18 Å². The van der Waals surface area contributed by atoms with E-state index in [1.54, 1.807) is 24.3 Å². The molecule has 1 aliphatic heterocycles. The Balaban J connectivity index is 1.44. The number of aryl methyl sites for hydroxylation is 1. The van der Waals surface area contributed by atoms with Gasteiger partial charge in [0.25, 0.3) is 11.6 Å². The summed E-state index contributed by atoms with van der Waals surface area (Å²) in [4.78, 5) is 24.3. The number of nitro groups is 1. The van der Waals surface area contributed by atoms with Crippen molar-refractivity contribution < 1.29 is 27.6 Å². The Kier molecular flexibility index (Phi) is 8.19. The fourth-order valence-corrected chi connectivity index (χ4v) is 5.21. The second-order valence-electron chi connectivity index (χ2n) is 10.6. The highest BCUT2D eigenvalue weighted by Gasteiger charge is 2.46. The molecule has 0 radical (unpaired) electrons. The van der Waals surface area contributed by atoms with Crippen LogP contribution in [0.4, 0.5) is 30.4 Å². The SMILES string of the molecule is Cc1ccc(C(C)C)c(Oc2cc(NC(=O)c3cc4n(n3)[C@H](C(F)(F)F)C[C@H](c3ccc(Br)cc3)N4)cc([N+](=O)[O-])c2)c1. The van der Waals surface area contributed by atoms with Gasteiger partial charge in [-0.2, -0.15) is 18.3 Å². The first kappa shape index (κ1) is 30.1. The zero-order valence-corrected chi connectivity index (χ0v) is 24.9. The first-order chi connectivity index (χ1) is 20.3. The molecular weight excluding hydrogens is 631 g/mol. The number of hydrogen-bond acceptors (Lipinski definition) is 6. The van der Waals surface area contributed by atoms with E-state index >= 15 is 0 Å². The van der Waals surface area contributed by atoms with Crippen LogP contribution in [-0.2, 0) is 0 Å². The van der Waals surface area contributed by atoms with E-state index < -0.39 is 29.1 Å². The largest absolute Gasteiger partial charge is 0.457 e. The van der Waals surface area contributed by atoms with Crippen molar-refractivity contribution in [1.82, 2.24) is 9.78 Å². The summed E-state index contributed by atoms with van der Waals surface area (Å²) in [7, 11) is 0. The fourth-order valence-electron chi connectivity index (χ4n) is 4.95. The Hall–Kier alpha value is -4.39. The predicted octanol–water partition coefficient (Wildman–Crippen LogP) is 8.69. The Morgan fingerprint density at radius 1 is 1.14 bits per heavy atom. The number of non-ortho nitro benzene ring substituents is 1. The topological polar surface area (TPSA) is 111 Å². The average molecular weight is 658 g/mol. The number of anilines is 2. The number of rotatable bonds is 7. The number of carbonyl (C=O) groups excluding carboxylic acids is 1. The molecule has 0 saturated heterocycles. The van der Waals surface area contributed by atoms with E-state index in [-0.39, 0.29) is 41.0 Å². The van der Waals surface area contributed by atoms with Crippen LogP contribution in [0.25, 0.3) is 0 Å². The number of nitrogens with one attached hydrogen (secondary N) is 2. The molecular formula is C30H27BrF3N5O4. The van der Waals surface area contributed by atoms with Gasteiger partial charge in [-0.3, -0.25) is 14.9 Å². The van der Waals surface area contributed by atoms with Crippen molar-refractivity contribution in [3.8, 4) is 11.5 Å². The van der Waals surface area contributed by atoms with E-state index in [4.69, 9.17) is 4.74 Å². The lowest BCUT2D eigenvalue weighted by molar-refractivity contribution is -0.384. The van der Waals surface area contributed by atoms with Gasteiger partial charge in [0.2, 0.25) is 0 Å². The normalized spacial score (nSPS) is 16.4. The monoisotopic (exact) mass is 657 g/mol. The number of alkyl halides is 3. The van der Waals surface area contributed by atoms with E-state index in [1.165, 1.54) is 18.2 Å². The van der Waals surface area contributed by atoms with Gasteiger partial charge in [0.1, 0.15) is 17.3 Å². The molecule has 224 valence electrons. The summed E-state index contributed by atoms with van der Waals surface area (Å²) in [6.45, 7) is 5.86. The third-order valence-electron chi connectivity index (χ3n) is 7.07. The van der Waals surface area contributed by atoms with E-state index in [9.17, 15) is 28.1 Å². The highest BCUT2D eigenvalue weighted by Crippen LogP contribution is 2.44. The molecule has 13 heteroatoms. The van der Waals surface area contributed by atoms with Crippen LogP contribution in [0, 0.1) is 17.0 Å². The summed E-state index contributed by atoms with van der Waals surface area (Å²) >= 11 is 3.33. The molecule has 0 spiro atoms. The number of fused-ring (bicyclic) bond motifs is 1. The van der Waals surface area contributed by atoms with Crippen molar-refractivity contribution in [3.05, 3.63) is 104 Å². The summed E-state index contributed by atoms with van der Waals surface area (Å²) in [6.07, 6.45) is -4.95. The molecule has 0 saturated carbocycles. The number of halogens is 4. The van der Waals surface area contributed by atoms with Gasteiger partial charge in [-0.05, 0) is 47.7 Å². The minimum Gasteiger partial charge on any atom is -0.457 e. The summed E-state index contributed by atoms with van der Waals surface area (Å²) in [5.41, 5.74) is 1.85. The smallest absolute Gasteiger partial charge is 0.410 e. The van der Waals surface area contributed by atoms with Crippen LogP contribution in [0.3, 0.4) is 0 Å². The van der Waals surface area contributed by atoms with E-state index in [0.29, 0.717) is 11.3 Å². The lowest BCUT2D eigenvalue weighted by Crippen LogP contribution is -2.35. The maximum atomic E-state index is 14.1. The Morgan fingerprint density at radius 3 is 2.51 bits per heavy atom. The van der Waals surface area contributed by atoms with Crippen LogP contribution in [-0.4, -0.2) is 26.8 Å². The van der Waals surface area contributed by atoms with Gasteiger partial charge in [0.15, 0.2) is 11.7 Å². The molecule has 9 nitrogen and oxygen atoms in total. The third-order valence-corrected chi connectivity index (χ3v) is 7.60. The van der Waals surface area contributed by atoms with Crippen molar-refractivity contribution in [3.63, 3.8) is 0 Å². The van der Waals surface area contributed by atoms with E-state index in [2.05, 4.69) is 31.7 Å². The van der Waals surface area contributed by atoms with Gasteiger partial charge in [-0.1, -0.05) is 54.0 Å². The number of amides is 1. The number of benzene rings is 3. The van der Waals surface area contributed by atoms with Gasteiger partial charge in [0, 0.05) is 29.1 Å². The average Bonchev–Trinajstić information content (AvgIpc) is 3.36. The predicted molar refractivity (Wildman–Crippen MR) is 159 cm³/mol. The molecule has 3 aromatic carbocycles. The van der Waals surface area contributed by atoms with Crippen LogP contribution in [0.2, 0.25) is 0 Å². The maximum absolute atomic E-state index is 14.1. The number of nitrogens with zero attached hydrogens (tertiary/aromatic N) is 3. The van der Waals surface area contributed by atoms with Gasteiger partial charge < -0.3 is 15.4 Å². The van der Waals surface area contributed by atoms with Crippen LogP contribution in [0.15, 0.2) is 71.2 Å². The first-order valence-corrected chi connectivity index (χ1v) is 14.2. The molecule has 2 heterocycles.